The molecule has 0 spiro atoms. The summed E-state index contributed by atoms with van der Waals surface area (Å²) in [6, 6.07) is 0. The normalized spacial score (nSPS) is 19.3. The van der Waals surface area contributed by atoms with Crippen LogP contribution >= 0.6 is 0 Å². The summed E-state index contributed by atoms with van der Waals surface area (Å²) >= 11 is 0. The van der Waals surface area contributed by atoms with Gasteiger partial charge in [0.05, 0.1) is 0 Å². The first-order valence-corrected chi connectivity index (χ1v) is 5.27. The molecule has 2 rings (SSSR count). The van der Waals surface area contributed by atoms with Crippen molar-refractivity contribution in [1.29, 1.82) is 0 Å². The fourth-order valence-electron chi connectivity index (χ4n) is 1.82. The molecule has 0 aromatic carbocycles. The third-order valence-corrected chi connectivity index (χ3v) is 2.84. The zero-order chi connectivity index (χ0) is 11.6. The molecule has 1 aromatic heterocycles. The molecule has 16 heavy (non-hydrogen) atoms. The second kappa shape index (κ2) is 4.09. The van der Waals surface area contributed by atoms with Crippen molar-refractivity contribution in [2.45, 2.75) is 25.3 Å². The van der Waals surface area contributed by atoms with Gasteiger partial charge in [0.1, 0.15) is 0 Å². The van der Waals surface area contributed by atoms with Crippen molar-refractivity contribution in [3.8, 4) is 0 Å². The number of hydrogen-bond acceptors (Lipinski definition) is 5. The maximum absolute atomic E-state index is 11.4. The fourth-order valence-corrected chi connectivity index (χ4v) is 1.82. The number of piperidine rings is 1. The third kappa shape index (κ3) is 2.30. The van der Waals surface area contributed by atoms with Gasteiger partial charge in [-0.05, 0) is 32.9 Å². The molecule has 7 nitrogen and oxygen atoms in total. The lowest BCUT2D eigenvalue weighted by molar-refractivity contribution is 0.363. The molecular formula is C9H15N5O2. The number of nitrogens with one attached hydrogen (secondary N) is 4. The van der Waals surface area contributed by atoms with Crippen molar-refractivity contribution in [3.05, 3.63) is 20.8 Å². The quantitative estimate of drug-likeness (QED) is 0.517. The highest BCUT2D eigenvalue weighted by Gasteiger charge is 2.27. The number of anilines is 1. The lowest BCUT2D eigenvalue weighted by Gasteiger charge is -2.34. The molecule has 0 unspecified atom stereocenters. The summed E-state index contributed by atoms with van der Waals surface area (Å²) in [7, 11) is 0. The minimum atomic E-state index is -0.592. The summed E-state index contributed by atoms with van der Waals surface area (Å²) in [6.07, 6.45) is 1.82. The van der Waals surface area contributed by atoms with Crippen molar-refractivity contribution >= 4 is 5.82 Å². The van der Waals surface area contributed by atoms with Crippen LogP contribution in [0.4, 0.5) is 5.82 Å². The average molecular weight is 225 g/mol. The summed E-state index contributed by atoms with van der Waals surface area (Å²) in [5.41, 5.74) is -1.22. The monoisotopic (exact) mass is 225 g/mol. The van der Waals surface area contributed by atoms with E-state index < -0.39 is 11.2 Å². The Morgan fingerprint density at radius 1 is 1.31 bits per heavy atom. The van der Waals surface area contributed by atoms with Crippen LogP contribution in [0.25, 0.3) is 0 Å². The van der Waals surface area contributed by atoms with Gasteiger partial charge in [-0.2, -0.15) is 0 Å². The van der Waals surface area contributed by atoms with Crippen LogP contribution in [0, 0.1) is 0 Å². The van der Waals surface area contributed by atoms with Gasteiger partial charge in [-0.25, -0.2) is 9.89 Å². The summed E-state index contributed by atoms with van der Waals surface area (Å²) in [4.78, 5) is 24.4. The molecular weight excluding hydrogens is 210 g/mol. The van der Waals surface area contributed by atoms with Crippen molar-refractivity contribution in [1.82, 2.24) is 20.5 Å². The Morgan fingerprint density at radius 2 is 2.00 bits per heavy atom. The van der Waals surface area contributed by atoms with Gasteiger partial charge >= 0.3 is 5.69 Å². The van der Waals surface area contributed by atoms with Crippen molar-refractivity contribution in [2.75, 3.05) is 18.4 Å². The van der Waals surface area contributed by atoms with Gasteiger partial charge in [0.2, 0.25) is 5.82 Å². The molecule has 0 amide bonds. The molecule has 7 heteroatoms. The van der Waals surface area contributed by atoms with Crippen LogP contribution in [-0.2, 0) is 0 Å². The predicted molar refractivity (Wildman–Crippen MR) is 59.6 cm³/mol. The van der Waals surface area contributed by atoms with Gasteiger partial charge in [0.15, 0.2) is 0 Å². The van der Waals surface area contributed by atoms with Gasteiger partial charge in [-0.15, -0.1) is 5.10 Å². The van der Waals surface area contributed by atoms with Crippen LogP contribution in [0.15, 0.2) is 9.59 Å². The average Bonchev–Trinajstić information content (AvgIpc) is 2.23. The first-order valence-electron chi connectivity index (χ1n) is 5.27. The number of aromatic nitrogens is 3. The zero-order valence-electron chi connectivity index (χ0n) is 9.09. The van der Waals surface area contributed by atoms with E-state index in [1.165, 1.54) is 0 Å². The molecule has 2 heterocycles. The van der Waals surface area contributed by atoms with E-state index >= 15 is 0 Å². The molecule has 1 fully saturated rings. The van der Waals surface area contributed by atoms with Crippen LogP contribution in [0.2, 0.25) is 0 Å². The van der Waals surface area contributed by atoms with Gasteiger partial charge in [0.25, 0.3) is 5.56 Å². The number of H-pyrrole nitrogens is 2. The second-order valence-corrected chi connectivity index (χ2v) is 4.29. The van der Waals surface area contributed by atoms with E-state index in [2.05, 4.69) is 25.8 Å². The molecule has 0 atom stereocenters. The first-order chi connectivity index (χ1) is 7.59. The van der Waals surface area contributed by atoms with E-state index in [4.69, 9.17) is 0 Å². The summed E-state index contributed by atoms with van der Waals surface area (Å²) in [5, 5.41) is 12.2. The highest BCUT2D eigenvalue weighted by atomic mass is 16.2. The zero-order valence-corrected chi connectivity index (χ0v) is 9.09. The van der Waals surface area contributed by atoms with E-state index in [9.17, 15) is 9.59 Å². The van der Waals surface area contributed by atoms with E-state index in [-0.39, 0.29) is 11.4 Å². The Kier molecular flexibility index (Phi) is 2.78. The van der Waals surface area contributed by atoms with Gasteiger partial charge < -0.3 is 10.6 Å². The van der Waals surface area contributed by atoms with Crippen LogP contribution in [0.3, 0.4) is 0 Å². The molecule has 1 saturated heterocycles. The summed E-state index contributed by atoms with van der Waals surface area (Å²) in [6.45, 7) is 3.86. The Hall–Kier alpha value is -1.63. The number of rotatable bonds is 2. The molecule has 1 aliphatic rings. The molecule has 4 N–H and O–H groups in total. The van der Waals surface area contributed by atoms with Gasteiger partial charge in [0, 0.05) is 5.54 Å². The largest absolute Gasteiger partial charge is 0.359 e. The summed E-state index contributed by atoms with van der Waals surface area (Å²) < 4.78 is 0. The third-order valence-electron chi connectivity index (χ3n) is 2.84. The molecule has 1 aromatic rings. The van der Waals surface area contributed by atoms with Gasteiger partial charge in [-0.1, -0.05) is 0 Å². The van der Waals surface area contributed by atoms with Crippen molar-refractivity contribution in [3.63, 3.8) is 0 Å². The van der Waals surface area contributed by atoms with Crippen molar-refractivity contribution < 1.29 is 0 Å². The molecule has 0 aliphatic carbocycles. The highest BCUT2D eigenvalue weighted by molar-refractivity contribution is 5.33. The van der Waals surface area contributed by atoms with E-state index in [1.54, 1.807) is 0 Å². The molecule has 88 valence electrons. The fraction of sp³-hybridized carbons (Fsp3) is 0.667. The van der Waals surface area contributed by atoms with E-state index in [0.717, 1.165) is 25.9 Å². The van der Waals surface area contributed by atoms with Crippen LogP contribution in [-0.4, -0.2) is 33.8 Å². The first kappa shape index (κ1) is 10.9. The Morgan fingerprint density at radius 3 is 2.62 bits per heavy atom. The van der Waals surface area contributed by atoms with Crippen LogP contribution in [0.5, 0.6) is 0 Å². The molecule has 0 radical (unpaired) electrons. The maximum Gasteiger partial charge on any atom is 0.342 e. The molecule has 0 saturated carbocycles. The van der Waals surface area contributed by atoms with Crippen LogP contribution in [0.1, 0.15) is 19.8 Å². The SMILES string of the molecule is CC1(Nc2n[nH]c(=O)[nH]c2=O)CCNCC1. The predicted octanol–water partition coefficient (Wildman–Crippen LogP) is -0.988. The number of hydrogen-bond donors (Lipinski definition) is 4. The number of aromatic amines is 2. The maximum atomic E-state index is 11.4. The second-order valence-electron chi connectivity index (χ2n) is 4.29. The van der Waals surface area contributed by atoms with E-state index in [0.29, 0.717) is 0 Å². The standard InChI is InChI=1S/C9H15N5O2/c1-9(2-4-10-5-3-9)12-6-7(15)11-8(16)14-13-6/h10H,2-5H2,1H3,(H,12,13)(H2,11,14,15,16). The molecule has 0 bridgehead atoms. The lowest BCUT2D eigenvalue weighted by atomic mass is 9.91. The minimum Gasteiger partial charge on any atom is -0.359 e. The Balaban J connectivity index is 2.19. The van der Waals surface area contributed by atoms with Crippen LogP contribution < -0.4 is 21.9 Å². The Labute approximate surface area is 91.7 Å². The molecule has 1 aliphatic heterocycles. The van der Waals surface area contributed by atoms with E-state index in [1.807, 2.05) is 6.92 Å². The van der Waals surface area contributed by atoms with Gasteiger partial charge in [-0.3, -0.25) is 9.78 Å². The smallest absolute Gasteiger partial charge is 0.342 e. The van der Waals surface area contributed by atoms with Crippen molar-refractivity contribution in [2.24, 2.45) is 0 Å². The highest BCUT2D eigenvalue weighted by Crippen LogP contribution is 2.20. The number of nitrogens with zero attached hydrogens (tertiary/aromatic N) is 1. The minimum absolute atomic E-state index is 0.149. The summed E-state index contributed by atoms with van der Waals surface area (Å²) in [5.74, 6) is 0.170. The topological polar surface area (TPSA) is 103 Å². The lowest BCUT2D eigenvalue weighted by Crippen LogP contribution is -2.47. The Bertz CT molecular complexity index is 471.